The molecule has 1 unspecified atom stereocenters. The van der Waals surface area contributed by atoms with Crippen LogP contribution in [0.25, 0.3) is 11.1 Å². The van der Waals surface area contributed by atoms with Gasteiger partial charge in [0.25, 0.3) is 0 Å². The minimum atomic E-state index is -4.46. The van der Waals surface area contributed by atoms with E-state index in [0.717, 1.165) is 40.9 Å². The van der Waals surface area contributed by atoms with Gasteiger partial charge in [-0.3, -0.25) is 9.88 Å². The van der Waals surface area contributed by atoms with Crippen molar-refractivity contribution in [1.29, 1.82) is 0 Å². The lowest BCUT2D eigenvalue weighted by atomic mass is 10.1. The number of fused-ring (bicyclic) bond motifs is 1. The predicted molar refractivity (Wildman–Crippen MR) is 123 cm³/mol. The Balaban J connectivity index is 1.56. The highest BCUT2D eigenvalue weighted by molar-refractivity contribution is 7.99. The molecule has 0 fully saturated rings. The van der Waals surface area contributed by atoms with Crippen molar-refractivity contribution in [3.05, 3.63) is 77.6 Å². The van der Waals surface area contributed by atoms with Crippen molar-refractivity contribution in [2.45, 2.75) is 31.3 Å². The smallest absolute Gasteiger partial charge is 0.308 e. The van der Waals surface area contributed by atoms with Gasteiger partial charge in [0.2, 0.25) is 0 Å². The SMILES string of the molecule is CCc1cc(-c2ccc(NC(=O)N3c4cc(C(F)(F)F)ccc4CC3SC)cc2)ccn1. The summed E-state index contributed by atoms with van der Waals surface area (Å²) in [7, 11) is 0. The van der Waals surface area contributed by atoms with E-state index in [1.807, 2.05) is 37.4 Å². The zero-order valence-electron chi connectivity index (χ0n) is 17.6. The first-order valence-corrected chi connectivity index (χ1v) is 11.5. The molecule has 0 spiro atoms. The number of nitrogens with one attached hydrogen (secondary N) is 1. The molecule has 32 heavy (non-hydrogen) atoms. The van der Waals surface area contributed by atoms with Crippen LogP contribution in [0.4, 0.5) is 29.3 Å². The molecule has 1 aliphatic rings. The number of urea groups is 1. The van der Waals surface area contributed by atoms with Gasteiger partial charge < -0.3 is 5.32 Å². The number of amides is 2. The summed E-state index contributed by atoms with van der Waals surface area (Å²) in [5, 5.41) is 2.56. The summed E-state index contributed by atoms with van der Waals surface area (Å²) < 4.78 is 39.6. The highest BCUT2D eigenvalue weighted by Crippen LogP contribution is 2.40. The van der Waals surface area contributed by atoms with Crippen molar-refractivity contribution in [2.75, 3.05) is 16.5 Å². The summed E-state index contributed by atoms with van der Waals surface area (Å²) in [6.45, 7) is 2.04. The highest BCUT2D eigenvalue weighted by atomic mass is 32.2. The van der Waals surface area contributed by atoms with Crippen LogP contribution in [0.2, 0.25) is 0 Å². The summed E-state index contributed by atoms with van der Waals surface area (Å²) in [5.74, 6) is 0. The Morgan fingerprint density at radius 2 is 1.88 bits per heavy atom. The van der Waals surface area contributed by atoms with Crippen molar-refractivity contribution in [3.63, 3.8) is 0 Å². The van der Waals surface area contributed by atoms with Gasteiger partial charge >= 0.3 is 12.2 Å². The first-order chi connectivity index (χ1) is 15.3. The average Bonchev–Trinajstić information content (AvgIpc) is 3.17. The van der Waals surface area contributed by atoms with Gasteiger partial charge in [-0.1, -0.05) is 25.1 Å². The lowest BCUT2D eigenvalue weighted by molar-refractivity contribution is -0.137. The van der Waals surface area contributed by atoms with E-state index >= 15 is 0 Å². The molecule has 0 radical (unpaired) electrons. The topological polar surface area (TPSA) is 45.2 Å². The van der Waals surface area contributed by atoms with E-state index in [1.165, 1.54) is 22.7 Å². The van der Waals surface area contributed by atoms with Crippen LogP contribution in [0, 0.1) is 0 Å². The molecule has 1 aliphatic heterocycles. The Labute approximate surface area is 188 Å². The van der Waals surface area contributed by atoms with Crippen LogP contribution in [-0.2, 0) is 19.0 Å². The number of benzene rings is 2. The second-order valence-corrected chi connectivity index (χ2v) is 8.52. The molecule has 1 N–H and O–H groups in total. The molecule has 0 saturated carbocycles. The number of nitrogens with zero attached hydrogens (tertiary/aromatic N) is 2. The number of anilines is 2. The van der Waals surface area contributed by atoms with Crippen molar-refractivity contribution >= 4 is 29.2 Å². The number of pyridine rings is 1. The maximum Gasteiger partial charge on any atom is 0.416 e. The van der Waals surface area contributed by atoms with E-state index in [4.69, 9.17) is 0 Å². The quantitative estimate of drug-likeness (QED) is 0.479. The monoisotopic (exact) mass is 457 g/mol. The predicted octanol–water partition coefficient (Wildman–Crippen LogP) is 6.61. The number of thioether (sulfide) groups is 1. The van der Waals surface area contributed by atoms with Gasteiger partial charge in [-0.15, -0.1) is 11.8 Å². The van der Waals surface area contributed by atoms with Crippen LogP contribution < -0.4 is 10.2 Å². The third kappa shape index (κ3) is 4.46. The normalized spacial score (nSPS) is 15.5. The molecule has 1 atom stereocenters. The van der Waals surface area contributed by atoms with E-state index in [2.05, 4.69) is 10.3 Å². The number of rotatable bonds is 4. The number of carbonyl (C=O) groups is 1. The lowest BCUT2D eigenvalue weighted by Crippen LogP contribution is -2.39. The molecule has 4 rings (SSSR count). The summed E-state index contributed by atoms with van der Waals surface area (Å²) in [5.41, 5.74) is 3.86. The Bertz CT molecular complexity index is 1130. The minimum absolute atomic E-state index is 0.267. The maximum atomic E-state index is 13.2. The molecule has 3 aromatic rings. The highest BCUT2D eigenvalue weighted by Gasteiger charge is 2.37. The molecule has 2 aromatic carbocycles. The van der Waals surface area contributed by atoms with Crippen LogP contribution in [-0.4, -0.2) is 22.6 Å². The Kier molecular flexibility index (Phi) is 6.15. The Morgan fingerprint density at radius 3 is 2.53 bits per heavy atom. The first kappa shape index (κ1) is 22.2. The van der Waals surface area contributed by atoms with Gasteiger partial charge in [0.1, 0.15) is 0 Å². The third-order valence-corrected chi connectivity index (χ3v) is 6.42. The fraction of sp³-hybridized carbons (Fsp3) is 0.250. The molecule has 2 heterocycles. The van der Waals surface area contributed by atoms with Crippen LogP contribution >= 0.6 is 11.8 Å². The zero-order chi connectivity index (χ0) is 22.9. The number of hydrogen-bond acceptors (Lipinski definition) is 3. The summed E-state index contributed by atoms with van der Waals surface area (Å²) >= 11 is 1.43. The molecule has 4 nitrogen and oxygen atoms in total. The van der Waals surface area contributed by atoms with Crippen molar-refractivity contribution < 1.29 is 18.0 Å². The van der Waals surface area contributed by atoms with E-state index in [-0.39, 0.29) is 5.37 Å². The summed E-state index contributed by atoms with van der Waals surface area (Å²) in [4.78, 5) is 18.8. The molecule has 0 aliphatic carbocycles. The number of alkyl halides is 3. The molecular formula is C24H22F3N3OS. The number of halogens is 3. The van der Waals surface area contributed by atoms with E-state index in [0.29, 0.717) is 17.8 Å². The third-order valence-electron chi connectivity index (χ3n) is 5.49. The molecule has 166 valence electrons. The van der Waals surface area contributed by atoms with Crippen LogP contribution in [0.5, 0.6) is 0 Å². The molecule has 8 heteroatoms. The van der Waals surface area contributed by atoms with E-state index < -0.39 is 17.8 Å². The van der Waals surface area contributed by atoms with Crippen molar-refractivity contribution in [1.82, 2.24) is 4.98 Å². The van der Waals surface area contributed by atoms with Crippen LogP contribution in [0.15, 0.2) is 60.8 Å². The summed E-state index contributed by atoms with van der Waals surface area (Å²) in [6, 6.07) is 14.5. The summed E-state index contributed by atoms with van der Waals surface area (Å²) in [6.07, 6.45) is 0.492. The second-order valence-electron chi connectivity index (χ2n) is 7.50. The molecule has 0 bridgehead atoms. The molecule has 2 amide bonds. The largest absolute Gasteiger partial charge is 0.416 e. The van der Waals surface area contributed by atoms with Gasteiger partial charge in [-0.25, -0.2) is 4.79 Å². The molecule has 1 aromatic heterocycles. The van der Waals surface area contributed by atoms with Crippen LogP contribution in [0.1, 0.15) is 23.7 Å². The maximum absolute atomic E-state index is 13.2. The number of aromatic nitrogens is 1. The number of hydrogen-bond donors (Lipinski definition) is 1. The van der Waals surface area contributed by atoms with E-state index in [9.17, 15) is 18.0 Å². The lowest BCUT2D eigenvalue weighted by Gasteiger charge is -2.25. The van der Waals surface area contributed by atoms with Gasteiger partial charge in [0.05, 0.1) is 16.6 Å². The average molecular weight is 458 g/mol. The van der Waals surface area contributed by atoms with Crippen molar-refractivity contribution in [3.8, 4) is 11.1 Å². The zero-order valence-corrected chi connectivity index (χ0v) is 18.4. The Hall–Kier alpha value is -3.00. The van der Waals surface area contributed by atoms with Gasteiger partial charge in [0.15, 0.2) is 0 Å². The first-order valence-electron chi connectivity index (χ1n) is 10.2. The van der Waals surface area contributed by atoms with Crippen LogP contribution in [0.3, 0.4) is 0 Å². The fourth-order valence-electron chi connectivity index (χ4n) is 3.78. The number of aryl methyl sites for hydroxylation is 1. The van der Waals surface area contributed by atoms with Gasteiger partial charge in [0, 0.05) is 24.0 Å². The van der Waals surface area contributed by atoms with E-state index in [1.54, 1.807) is 18.3 Å². The molecule has 0 saturated heterocycles. The van der Waals surface area contributed by atoms with Gasteiger partial charge in [-0.2, -0.15) is 13.2 Å². The fourth-order valence-corrected chi connectivity index (χ4v) is 4.55. The molecular weight excluding hydrogens is 435 g/mol. The number of carbonyl (C=O) groups excluding carboxylic acids is 1. The second kappa shape index (κ2) is 8.86. The van der Waals surface area contributed by atoms with Crippen molar-refractivity contribution in [2.24, 2.45) is 0 Å². The Morgan fingerprint density at radius 1 is 1.12 bits per heavy atom. The minimum Gasteiger partial charge on any atom is -0.308 e. The standard InChI is InChI=1S/C24H22F3N3OS/c1-3-19-12-16(10-11-28-19)15-5-8-20(9-6-15)29-23(31)30-21-14-18(24(25,26)27)7-4-17(21)13-22(30)32-2/h4-12,14,22H,3,13H2,1-2H3,(H,29,31). The van der Waals surface area contributed by atoms with Gasteiger partial charge in [-0.05, 0) is 65.8 Å².